The van der Waals surface area contributed by atoms with Gasteiger partial charge < -0.3 is 5.32 Å². The molecule has 20 heavy (non-hydrogen) atoms. The molecular weight excluding hydrogens is 346 g/mol. The molecule has 2 aromatic rings. The number of anilines is 1. The molecule has 0 radical (unpaired) electrons. The summed E-state index contributed by atoms with van der Waals surface area (Å²) in [6, 6.07) is 8.91. The average Bonchev–Trinajstić information content (AvgIpc) is 2.38. The van der Waals surface area contributed by atoms with Gasteiger partial charge in [-0.25, -0.2) is 18.5 Å². The summed E-state index contributed by atoms with van der Waals surface area (Å²) in [7, 11) is -3.80. The number of sulfonamides is 1. The molecule has 2 rings (SSSR count). The van der Waals surface area contributed by atoms with Crippen LogP contribution in [0.25, 0.3) is 0 Å². The molecule has 1 aromatic carbocycles. The highest BCUT2D eigenvalue weighted by Crippen LogP contribution is 2.15. The van der Waals surface area contributed by atoms with Gasteiger partial charge in [-0.3, -0.25) is 4.79 Å². The van der Waals surface area contributed by atoms with Gasteiger partial charge in [-0.05, 0) is 46.3 Å². The Labute approximate surface area is 124 Å². The molecular formula is C12H10BrN3O3S. The lowest BCUT2D eigenvalue weighted by molar-refractivity contribution is 0.102. The fraction of sp³-hybridized carbons (Fsp3) is 0. The van der Waals surface area contributed by atoms with Crippen LogP contribution in [0.2, 0.25) is 0 Å². The van der Waals surface area contributed by atoms with Crippen LogP contribution in [0.3, 0.4) is 0 Å². The molecule has 1 aromatic heterocycles. The summed E-state index contributed by atoms with van der Waals surface area (Å²) in [6.45, 7) is 0. The maximum absolute atomic E-state index is 11.9. The van der Waals surface area contributed by atoms with E-state index in [1.807, 2.05) is 0 Å². The predicted molar refractivity (Wildman–Crippen MR) is 77.7 cm³/mol. The SMILES string of the molecule is NS(=O)(=O)c1cccc(NC(=O)c2ccc(Br)cn2)c1. The second-order valence-corrected chi connectivity index (χ2v) is 6.37. The lowest BCUT2D eigenvalue weighted by atomic mass is 10.3. The number of rotatable bonds is 3. The summed E-state index contributed by atoms with van der Waals surface area (Å²) in [5.74, 6) is -0.441. The van der Waals surface area contributed by atoms with Crippen LogP contribution < -0.4 is 10.5 Å². The molecule has 1 heterocycles. The number of nitrogens with two attached hydrogens (primary N) is 1. The maximum atomic E-state index is 11.9. The van der Waals surface area contributed by atoms with Crippen LogP contribution in [-0.2, 0) is 10.0 Å². The summed E-state index contributed by atoms with van der Waals surface area (Å²) >= 11 is 3.22. The molecule has 0 fully saturated rings. The molecule has 0 aliphatic heterocycles. The molecule has 0 unspecified atom stereocenters. The van der Waals surface area contributed by atoms with Crippen molar-refractivity contribution >= 4 is 37.5 Å². The fourth-order valence-corrected chi connectivity index (χ4v) is 2.25. The van der Waals surface area contributed by atoms with E-state index in [9.17, 15) is 13.2 Å². The second kappa shape index (κ2) is 5.70. The number of benzene rings is 1. The Bertz CT molecular complexity index is 745. The van der Waals surface area contributed by atoms with Crippen LogP contribution in [0.15, 0.2) is 52.0 Å². The Morgan fingerprint density at radius 1 is 1.25 bits per heavy atom. The Hall–Kier alpha value is -1.77. The predicted octanol–water partition coefficient (Wildman–Crippen LogP) is 1.74. The first-order valence-corrected chi connectivity index (χ1v) is 7.76. The Morgan fingerprint density at radius 2 is 2.00 bits per heavy atom. The lowest BCUT2D eigenvalue weighted by Gasteiger charge is -2.06. The van der Waals surface area contributed by atoms with Crippen molar-refractivity contribution in [3.8, 4) is 0 Å². The number of primary sulfonamides is 1. The summed E-state index contributed by atoms with van der Waals surface area (Å²) in [6.07, 6.45) is 1.50. The van der Waals surface area contributed by atoms with Crippen molar-refractivity contribution in [2.24, 2.45) is 5.14 Å². The molecule has 6 nitrogen and oxygen atoms in total. The van der Waals surface area contributed by atoms with Crippen LogP contribution in [0.1, 0.15) is 10.5 Å². The molecule has 0 aliphatic carbocycles. The summed E-state index contributed by atoms with van der Waals surface area (Å²) in [5, 5.41) is 7.58. The quantitative estimate of drug-likeness (QED) is 0.875. The number of amides is 1. The molecule has 3 N–H and O–H groups in total. The highest BCUT2D eigenvalue weighted by Gasteiger charge is 2.11. The van der Waals surface area contributed by atoms with E-state index in [0.29, 0.717) is 5.69 Å². The van der Waals surface area contributed by atoms with Crippen LogP contribution in [0.4, 0.5) is 5.69 Å². The van der Waals surface area contributed by atoms with Crippen LogP contribution >= 0.6 is 15.9 Å². The van der Waals surface area contributed by atoms with E-state index in [1.54, 1.807) is 18.2 Å². The number of carbonyl (C=O) groups excluding carboxylic acids is 1. The highest BCUT2D eigenvalue weighted by molar-refractivity contribution is 9.10. The molecule has 0 spiro atoms. The molecule has 1 amide bonds. The molecule has 0 aliphatic rings. The minimum atomic E-state index is -3.80. The second-order valence-electron chi connectivity index (χ2n) is 3.89. The van der Waals surface area contributed by atoms with E-state index in [0.717, 1.165) is 4.47 Å². The van der Waals surface area contributed by atoms with E-state index in [1.165, 1.54) is 24.4 Å². The van der Waals surface area contributed by atoms with Crippen molar-refractivity contribution in [3.63, 3.8) is 0 Å². The zero-order chi connectivity index (χ0) is 14.8. The van der Waals surface area contributed by atoms with Gasteiger partial charge in [-0.1, -0.05) is 6.07 Å². The number of hydrogen-bond donors (Lipinski definition) is 2. The van der Waals surface area contributed by atoms with Gasteiger partial charge in [0.05, 0.1) is 4.90 Å². The maximum Gasteiger partial charge on any atom is 0.274 e. The zero-order valence-corrected chi connectivity index (χ0v) is 12.5. The third-order valence-electron chi connectivity index (χ3n) is 2.38. The molecule has 0 atom stereocenters. The molecule has 0 saturated carbocycles. The first kappa shape index (κ1) is 14.6. The van der Waals surface area contributed by atoms with Crippen LogP contribution in [0.5, 0.6) is 0 Å². The van der Waals surface area contributed by atoms with Gasteiger partial charge in [0, 0.05) is 16.4 Å². The molecule has 8 heteroatoms. The van der Waals surface area contributed by atoms with Crippen molar-refractivity contribution in [1.82, 2.24) is 4.98 Å². The molecule has 0 saturated heterocycles. The van der Waals surface area contributed by atoms with E-state index >= 15 is 0 Å². The largest absolute Gasteiger partial charge is 0.321 e. The van der Waals surface area contributed by atoms with Gasteiger partial charge >= 0.3 is 0 Å². The van der Waals surface area contributed by atoms with Crippen LogP contribution in [0, 0.1) is 0 Å². The summed E-state index contributed by atoms with van der Waals surface area (Å²) in [4.78, 5) is 15.8. The van der Waals surface area contributed by atoms with E-state index in [-0.39, 0.29) is 10.6 Å². The topological polar surface area (TPSA) is 102 Å². The number of pyridine rings is 1. The Kier molecular flexibility index (Phi) is 4.17. The Balaban J connectivity index is 2.22. The smallest absolute Gasteiger partial charge is 0.274 e. The van der Waals surface area contributed by atoms with E-state index < -0.39 is 15.9 Å². The van der Waals surface area contributed by atoms with Gasteiger partial charge in [0.15, 0.2) is 0 Å². The van der Waals surface area contributed by atoms with E-state index in [2.05, 4.69) is 26.2 Å². The monoisotopic (exact) mass is 355 g/mol. The van der Waals surface area contributed by atoms with Crippen molar-refractivity contribution in [1.29, 1.82) is 0 Å². The third kappa shape index (κ3) is 3.62. The molecule has 0 bridgehead atoms. The summed E-state index contributed by atoms with van der Waals surface area (Å²) < 4.78 is 23.2. The van der Waals surface area contributed by atoms with Gasteiger partial charge in [-0.2, -0.15) is 0 Å². The van der Waals surface area contributed by atoms with Crippen LogP contribution in [-0.4, -0.2) is 19.3 Å². The number of carbonyl (C=O) groups is 1. The zero-order valence-electron chi connectivity index (χ0n) is 10.1. The van der Waals surface area contributed by atoms with Gasteiger partial charge in [-0.15, -0.1) is 0 Å². The standard InChI is InChI=1S/C12H10BrN3O3S/c13-8-4-5-11(15-7-8)12(17)16-9-2-1-3-10(6-9)20(14,18)19/h1-7H,(H,16,17)(H2,14,18,19). The van der Waals surface area contributed by atoms with Gasteiger partial charge in [0.1, 0.15) is 5.69 Å². The number of nitrogens with one attached hydrogen (secondary N) is 1. The van der Waals surface area contributed by atoms with Crippen molar-refractivity contribution in [2.75, 3.05) is 5.32 Å². The lowest BCUT2D eigenvalue weighted by Crippen LogP contribution is -2.15. The Morgan fingerprint density at radius 3 is 2.60 bits per heavy atom. The van der Waals surface area contributed by atoms with Crippen molar-refractivity contribution < 1.29 is 13.2 Å². The minimum Gasteiger partial charge on any atom is -0.321 e. The van der Waals surface area contributed by atoms with Crippen molar-refractivity contribution in [3.05, 3.63) is 52.8 Å². The number of aromatic nitrogens is 1. The number of nitrogens with zero attached hydrogens (tertiary/aromatic N) is 1. The van der Waals surface area contributed by atoms with Gasteiger partial charge in [0.2, 0.25) is 10.0 Å². The number of hydrogen-bond acceptors (Lipinski definition) is 4. The van der Waals surface area contributed by atoms with E-state index in [4.69, 9.17) is 5.14 Å². The summed E-state index contributed by atoms with van der Waals surface area (Å²) in [5.41, 5.74) is 0.542. The fourth-order valence-electron chi connectivity index (χ4n) is 1.46. The first-order chi connectivity index (χ1) is 9.36. The number of halogens is 1. The van der Waals surface area contributed by atoms with Crippen molar-refractivity contribution in [2.45, 2.75) is 4.90 Å². The first-order valence-electron chi connectivity index (χ1n) is 5.42. The normalized spacial score (nSPS) is 11.1. The average molecular weight is 356 g/mol. The minimum absolute atomic E-state index is 0.0703. The highest BCUT2D eigenvalue weighted by atomic mass is 79.9. The molecule has 104 valence electrons. The third-order valence-corrected chi connectivity index (χ3v) is 3.76. The van der Waals surface area contributed by atoms with Gasteiger partial charge in [0.25, 0.3) is 5.91 Å².